The second-order valence-corrected chi connectivity index (χ2v) is 9.20. The molecule has 0 spiro atoms. The maximum atomic E-state index is 12.6. The van der Waals surface area contributed by atoms with Crippen molar-refractivity contribution in [3.05, 3.63) is 70.3 Å². The molecule has 9 nitrogen and oxygen atoms in total. The van der Waals surface area contributed by atoms with Crippen LogP contribution < -0.4 is 10.1 Å². The highest BCUT2D eigenvalue weighted by molar-refractivity contribution is 7.89. The van der Waals surface area contributed by atoms with E-state index in [1.54, 1.807) is 30.3 Å². The Kier molecular flexibility index (Phi) is 7.96. The molecule has 0 aromatic heterocycles. The Labute approximate surface area is 186 Å². The van der Waals surface area contributed by atoms with E-state index in [2.05, 4.69) is 5.32 Å². The van der Waals surface area contributed by atoms with Crippen LogP contribution in [0.4, 0.5) is 5.69 Å². The third-order valence-corrected chi connectivity index (χ3v) is 6.89. The van der Waals surface area contributed by atoms with Crippen LogP contribution in [0.15, 0.2) is 59.5 Å². The lowest BCUT2D eigenvalue weighted by molar-refractivity contribution is -0.384. The fraction of sp³-hybridized carbons (Fsp3) is 0.318. The summed E-state index contributed by atoms with van der Waals surface area (Å²) in [5.41, 5.74) is 0.655. The molecule has 1 amide bonds. The second kappa shape index (κ2) is 10.9. The molecule has 1 saturated heterocycles. The Morgan fingerprint density at radius 2 is 1.72 bits per heavy atom. The summed E-state index contributed by atoms with van der Waals surface area (Å²) in [4.78, 5) is 22.3. The molecule has 170 valence electrons. The molecule has 0 saturated carbocycles. The number of hydrogen-bond donors (Lipinski definition) is 1. The molecule has 3 rings (SSSR count). The maximum Gasteiger partial charge on any atom is 0.269 e. The van der Waals surface area contributed by atoms with Gasteiger partial charge in [0, 0.05) is 31.3 Å². The van der Waals surface area contributed by atoms with E-state index in [1.165, 1.54) is 34.6 Å². The minimum atomic E-state index is -3.47. The predicted molar refractivity (Wildman–Crippen MR) is 120 cm³/mol. The summed E-state index contributed by atoms with van der Waals surface area (Å²) in [7, 11) is -3.47. The molecule has 1 fully saturated rings. The minimum Gasteiger partial charge on any atom is -0.492 e. The topological polar surface area (TPSA) is 119 Å². The maximum absolute atomic E-state index is 12.6. The molecule has 1 heterocycles. The molecule has 2 aromatic carbocycles. The summed E-state index contributed by atoms with van der Waals surface area (Å²) in [5, 5.41) is 13.3. The molecular weight excluding hydrogens is 434 g/mol. The van der Waals surface area contributed by atoms with E-state index in [0.717, 1.165) is 19.3 Å². The lowest BCUT2D eigenvalue weighted by Gasteiger charge is -2.25. The number of nitrogens with one attached hydrogen (secondary N) is 1. The van der Waals surface area contributed by atoms with Crippen LogP contribution >= 0.6 is 0 Å². The van der Waals surface area contributed by atoms with Gasteiger partial charge in [0.25, 0.3) is 5.69 Å². The number of sulfonamides is 1. The van der Waals surface area contributed by atoms with Crippen molar-refractivity contribution in [2.75, 3.05) is 26.2 Å². The number of benzene rings is 2. The van der Waals surface area contributed by atoms with E-state index < -0.39 is 14.9 Å². The number of non-ortho nitro benzene ring substituents is 1. The summed E-state index contributed by atoms with van der Waals surface area (Å²) in [5.74, 6) is 0.188. The van der Waals surface area contributed by atoms with Crippen LogP contribution in [0.25, 0.3) is 6.08 Å². The number of carbonyl (C=O) groups excluding carboxylic acids is 1. The molecular formula is C22H25N3O6S. The summed E-state index contributed by atoms with van der Waals surface area (Å²) >= 11 is 0. The minimum absolute atomic E-state index is 0.0131. The van der Waals surface area contributed by atoms with Gasteiger partial charge in [-0.3, -0.25) is 14.9 Å². The largest absolute Gasteiger partial charge is 0.492 e. The average molecular weight is 460 g/mol. The smallest absolute Gasteiger partial charge is 0.269 e. The number of hydrogen-bond acceptors (Lipinski definition) is 6. The zero-order valence-corrected chi connectivity index (χ0v) is 18.3. The number of ether oxygens (including phenoxy) is 1. The Hall–Kier alpha value is -3.24. The van der Waals surface area contributed by atoms with Crippen molar-refractivity contribution < 1.29 is 22.9 Å². The molecule has 0 aliphatic carbocycles. The molecule has 0 radical (unpaired) electrons. The molecule has 32 heavy (non-hydrogen) atoms. The number of nitro groups is 1. The van der Waals surface area contributed by atoms with Crippen molar-refractivity contribution in [3.63, 3.8) is 0 Å². The molecule has 1 aliphatic rings. The van der Waals surface area contributed by atoms with Gasteiger partial charge in [0.1, 0.15) is 12.4 Å². The third kappa shape index (κ3) is 6.38. The van der Waals surface area contributed by atoms with Crippen molar-refractivity contribution in [1.29, 1.82) is 0 Å². The number of amides is 1. The van der Waals surface area contributed by atoms with Crippen LogP contribution in [0.5, 0.6) is 5.75 Å². The van der Waals surface area contributed by atoms with Gasteiger partial charge in [-0.15, -0.1) is 0 Å². The van der Waals surface area contributed by atoms with Gasteiger partial charge in [0.2, 0.25) is 15.9 Å². The van der Waals surface area contributed by atoms with Gasteiger partial charge >= 0.3 is 0 Å². The number of nitro benzene ring substituents is 1. The van der Waals surface area contributed by atoms with Gasteiger partial charge in [-0.2, -0.15) is 4.31 Å². The first-order chi connectivity index (χ1) is 15.4. The molecule has 2 aromatic rings. The van der Waals surface area contributed by atoms with E-state index in [9.17, 15) is 23.3 Å². The highest BCUT2D eigenvalue weighted by atomic mass is 32.2. The lowest BCUT2D eigenvalue weighted by Crippen LogP contribution is -2.35. The highest BCUT2D eigenvalue weighted by Crippen LogP contribution is 2.22. The van der Waals surface area contributed by atoms with E-state index in [1.807, 2.05) is 0 Å². The predicted octanol–water partition coefficient (Wildman–Crippen LogP) is 2.98. The lowest BCUT2D eigenvalue weighted by atomic mass is 10.2. The van der Waals surface area contributed by atoms with Gasteiger partial charge < -0.3 is 10.1 Å². The number of rotatable bonds is 9. The van der Waals surface area contributed by atoms with Crippen molar-refractivity contribution in [3.8, 4) is 5.75 Å². The standard InChI is InChI=1S/C22H25N3O6S/c26-22(13-6-18-4-7-19(8-5-18)25(27)28)23-14-17-31-20-9-11-21(12-10-20)32(29,30)24-15-2-1-3-16-24/h4-13H,1-3,14-17H2,(H,23,26)/b13-6+. The van der Waals surface area contributed by atoms with Gasteiger partial charge in [-0.25, -0.2) is 8.42 Å². The second-order valence-electron chi connectivity index (χ2n) is 7.26. The molecule has 1 N–H and O–H groups in total. The van der Waals surface area contributed by atoms with Crippen LogP contribution in [0.1, 0.15) is 24.8 Å². The zero-order chi connectivity index (χ0) is 23.0. The zero-order valence-electron chi connectivity index (χ0n) is 17.5. The Bertz CT molecular complexity index is 1060. The van der Waals surface area contributed by atoms with Crippen LogP contribution in [-0.2, 0) is 14.8 Å². The van der Waals surface area contributed by atoms with E-state index in [4.69, 9.17) is 4.74 Å². The first-order valence-corrected chi connectivity index (χ1v) is 11.7. The van der Waals surface area contributed by atoms with Crippen LogP contribution in [-0.4, -0.2) is 49.8 Å². The number of carbonyl (C=O) groups is 1. The van der Waals surface area contributed by atoms with Crippen LogP contribution in [0.3, 0.4) is 0 Å². The fourth-order valence-electron chi connectivity index (χ4n) is 3.24. The fourth-order valence-corrected chi connectivity index (χ4v) is 4.76. The van der Waals surface area contributed by atoms with Gasteiger partial charge in [0.15, 0.2) is 0 Å². The van der Waals surface area contributed by atoms with Gasteiger partial charge in [-0.1, -0.05) is 6.42 Å². The van der Waals surface area contributed by atoms with Gasteiger partial charge in [-0.05, 0) is 60.9 Å². The van der Waals surface area contributed by atoms with E-state index >= 15 is 0 Å². The van der Waals surface area contributed by atoms with Crippen LogP contribution in [0.2, 0.25) is 0 Å². The summed E-state index contributed by atoms with van der Waals surface area (Å²) in [6.07, 6.45) is 5.72. The highest BCUT2D eigenvalue weighted by Gasteiger charge is 2.25. The third-order valence-electron chi connectivity index (χ3n) is 4.98. The molecule has 1 aliphatic heterocycles. The normalized spacial score (nSPS) is 14.9. The first kappa shape index (κ1) is 23.4. The Morgan fingerprint density at radius 1 is 1.06 bits per heavy atom. The first-order valence-electron chi connectivity index (χ1n) is 10.3. The summed E-state index contributed by atoms with van der Waals surface area (Å²) in [6, 6.07) is 12.1. The Morgan fingerprint density at radius 3 is 2.34 bits per heavy atom. The molecule has 0 bridgehead atoms. The average Bonchev–Trinajstić information content (AvgIpc) is 2.81. The quantitative estimate of drug-likeness (QED) is 0.267. The van der Waals surface area contributed by atoms with Crippen molar-refractivity contribution in [2.45, 2.75) is 24.2 Å². The van der Waals surface area contributed by atoms with E-state index in [-0.39, 0.29) is 29.6 Å². The molecule has 0 atom stereocenters. The van der Waals surface area contributed by atoms with Crippen molar-refractivity contribution in [2.24, 2.45) is 0 Å². The van der Waals surface area contributed by atoms with Crippen molar-refractivity contribution >= 4 is 27.7 Å². The summed E-state index contributed by atoms with van der Waals surface area (Å²) in [6.45, 7) is 1.59. The number of nitrogens with zero attached hydrogens (tertiary/aromatic N) is 2. The van der Waals surface area contributed by atoms with Gasteiger partial charge in [0.05, 0.1) is 16.4 Å². The SMILES string of the molecule is O=C(/C=C/c1ccc([N+](=O)[O-])cc1)NCCOc1ccc(S(=O)(=O)N2CCCCC2)cc1. The number of piperidine rings is 1. The Balaban J connectivity index is 1.42. The monoisotopic (exact) mass is 459 g/mol. The molecule has 0 unspecified atom stereocenters. The van der Waals surface area contributed by atoms with Crippen molar-refractivity contribution in [1.82, 2.24) is 9.62 Å². The molecule has 10 heteroatoms. The van der Waals surface area contributed by atoms with Crippen LogP contribution in [0, 0.1) is 10.1 Å². The van der Waals surface area contributed by atoms with E-state index in [0.29, 0.717) is 24.4 Å². The summed E-state index contributed by atoms with van der Waals surface area (Å²) < 4.78 is 32.4.